The monoisotopic (exact) mass is 347 g/mol. The topological polar surface area (TPSA) is 84.2 Å². The van der Waals surface area contributed by atoms with Crippen molar-refractivity contribution < 1.29 is 9.59 Å². The highest BCUT2D eigenvalue weighted by molar-refractivity contribution is 9.10. The number of carbonyl (C=O) groups excluding carboxylic acids is 2. The standard InChI is InChI=1S/C15H14BrN3O2/c1-9-12(3-2-4-13(9)16)14(20)18-10-5-7-11(8-6-10)19-15(17)21/h2-8H,1H3,(H,18,20)(H3,17,19,21). The van der Waals surface area contributed by atoms with Gasteiger partial charge in [0.15, 0.2) is 0 Å². The number of primary amides is 1. The molecule has 0 spiro atoms. The van der Waals surface area contributed by atoms with Crippen LogP contribution in [-0.4, -0.2) is 11.9 Å². The zero-order valence-electron chi connectivity index (χ0n) is 11.3. The lowest BCUT2D eigenvalue weighted by Crippen LogP contribution is -2.19. The predicted molar refractivity (Wildman–Crippen MR) is 86.5 cm³/mol. The summed E-state index contributed by atoms with van der Waals surface area (Å²) in [5.41, 5.74) is 7.71. The molecule has 6 heteroatoms. The van der Waals surface area contributed by atoms with Gasteiger partial charge in [0.05, 0.1) is 0 Å². The number of rotatable bonds is 3. The zero-order valence-corrected chi connectivity index (χ0v) is 12.9. The molecule has 0 aliphatic carbocycles. The molecule has 0 bridgehead atoms. The zero-order chi connectivity index (χ0) is 15.4. The number of benzene rings is 2. The van der Waals surface area contributed by atoms with Crippen LogP contribution in [0.25, 0.3) is 0 Å². The molecule has 2 rings (SSSR count). The number of urea groups is 1. The normalized spacial score (nSPS) is 10.0. The Hall–Kier alpha value is -2.34. The lowest BCUT2D eigenvalue weighted by Gasteiger charge is -2.09. The van der Waals surface area contributed by atoms with Crippen molar-refractivity contribution in [1.82, 2.24) is 0 Å². The lowest BCUT2D eigenvalue weighted by atomic mass is 10.1. The number of amides is 3. The van der Waals surface area contributed by atoms with Crippen LogP contribution in [0.5, 0.6) is 0 Å². The van der Waals surface area contributed by atoms with Gasteiger partial charge in [0.1, 0.15) is 0 Å². The van der Waals surface area contributed by atoms with Crippen molar-refractivity contribution in [3.8, 4) is 0 Å². The number of halogens is 1. The average molecular weight is 348 g/mol. The highest BCUT2D eigenvalue weighted by Gasteiger charge is 2.10. The van der Waals surface area contributed by atoms with E-state index >= 15 is 0 Å². The largest absolute Gasteiger partial charge is 0.351 e. The Morgan fingerprint density at radius 1 is 1.00 bits per heavy atom. The Labute approximate surface area is 130 Å². The summed E-state index contributed by atoms with van der Waals surface area (Å²) in [6, 6.07) is 11.5. The molecule has 0 heterocycles. The van der Waals surface area contributed by atoms with E-state index in [4.69, 9.17) is 5.73 Å². The van der Waals surface area contributed by atoms with Crippen LogP contribution in [0.4, 0.5) is 16.2 Å². The fourth-order valence-corrected chi connectivity index (χ4v) is 2.20. The summed E-state index contributed by atoms with van der Waals surface area (Å²) >= 11 is 3.40. The van der Waals surface area contributed by atoms with E-state index in [2.05, 4.69) is 26.6 Å². The van der Waals surface area contributed by atoms with Crippen LogP contribution < -0.4 is 16.4 Å². The Kier molecular flexibility index (Phi) is 4.59. The van der Waals surface area contributed by atoms with Gasteiger partial charge < -0.3 is 16.4 Å². The molecule has 0 radical (unpaired) electrons. The van der Waals surface area contributed by atoms with Gasteiger partial charge in [-0.15, -0.1) is 0 Å². The fourth-order valence-electron chi connectivity index (χ4n) is 1.83. The van der Waals surface area contributed by atoms with Crippen molar-refractivity contribution in [2.24, 2.45) is 5.73 Å². The lowest BCUT2D eigenvalue weighted by molar-refractivity contribution is 0.102. The molecule has 5 nitrogen and oxygen atoms in total. The molecule has 21 heavy (non-hydrogen) atoms. The minimum atomic E-state index is -0.628. The van der Waals surface area contributed by atoms with Crippen LogP contribution in [0.1, 0.15) is 15.9 Å². The maximum Gasteiger partial charge on any atom is 0.316 e. The van der Waals surface area contributed by atoms with Gasteiger partial charge in [-0.25, -0.2) is 4.79 Å². The fraction of sp³-hybridized carbons (Fsp3) is 0.0667. The van der Waals surface area contributed by atoms with Crippen molar-refractivity contribution in [3.63, 3.8) is 0 Å². The van der Waals surface area contributed by atoms with Crippen LogP contribution in [0.15, 0.2) is 46.9 Å². The molecule has 4 N–H and O–H groups in total. The minimum Gasteiger partial charge on any atom is -0.351 e. The molecule has 0 aliphatic heterocycles. The third-order valence-electron chi connectivity index (χ3n) is 2.92. The average Bonchev–Trinajstić information content (AvgIpc) is 2.43. The number of hydrogen-bond donors (Lipinski definition) is 3. The number of nitrogens with one attached hydrogen (secondary N) is 2. The van der Waals surface area contributed by atoms with Crippen molar-refractivity contribution in [3.05, 3.63) is 58.1 Å². The van der Waals surface area contributed by atoms with Gasteiger partial charge in [0, 0.05) is 21.4 Å². The highest BCUT2D eigenvalue weighted by atomic mass is 79.9. The van der Waals surface area contributed by atoms with Gasteiger partial charge >= 0.3 is 6.03 Å². The van der Waals surface area contributed by atoms with Crippen LogP contribution in [-0.2, 0) is 0 Å². The number of anilines is 2. The first-order valence-electron chi connectivity index (χ1n) is 6.20. The van der Waals surface area contributed by atoms with E-state index in [0.717, 1.165) is 10.0 Å². The molecule has 0 saturated heterocycles. The molecule has 0 saturated carbocycles. The molecular weight excluding hydrogens is 334 g/mol. The van der Waals surface area contributed by atoms with Gasteiger partial charge in [-0.3, -0.25) is 4.79 Å². The summed E-state index contributed by atoms with van der Waals surface area (Å²) in [7, 11) is 0. The SMILES string of the molecule is Cc1c(Br)cccc1C(=O)Nc1ccc(NC(N)=O)cc1. The molecule has 0 unspecified atom stereocenters. The van der Waals surface area contributed by atoms with E-state index in [1.54, 1.807) is 30.3 Å². The Morgan fingerprint density at radius 2 is 1.57 bits per heavy atom. The highest BCUT2D eigenvalue weighted by Crippen LogP contribution is 2.21. The second kappa shape index (κ2) is 6.41. The van der Waals surface area contributed by atoms with Gasteiger partial charge in [0.25, 0.3) is 5.91 Å². The summed E-state index contributed by atoms with van der Waals surface area (Å²) in [6.07, 6.45) is 0. The molecule has 0 atom stereocenters. The van der Waals surface area contributed by atoms with Crippen molar-refractivity contribution in [1.29, 1.82) is 0 Å². The van der Waals surface area contributed by atoms with Gasteiger partial charge in [-0.1, -0.05) is 22.0 Å². The molecule has 0 fully saturated rings. The van der Waals surface area contributed by atoms with E-state index in [0.29, 0.717) is 16.9 Å². The van der Waals surface area contributed by atoms with Crippen LogP contribution in [0.2, 0.25) is 0 Å². The molecule has 0 aliphatic rings. The van der Waals surface area contributed by atoms with Crippen molar-refractivity contribution >= 4 is 39.2 Å². The molecule has 108 valence electrons. The van der Waals surface area contributed by atoms with Gasteiger partial charge in [0.2, 0.25) is 0 Å². The molecule has 2 aromatic carbocycles. The minimum absolute atomic E-state index is 0.190. The summed E-state index contributed by atoms with van der Waals surface area (Å²) in [4.78, 5) is 23.0. The Bertz CT molecular complexity index is 684. The molecule has 2 aromatic rings. The third kappa shape index (κ3) is 3.82. The summed E-state index contributed by atoms with van der Waals surface area (Å²) < 4.78 is 0.885. The first kappa shape index (κ1) is 15.1. The number of hydrogen-bond acceptors (Lipinski definition) is 2. The second-order valence-corrected chi connectivity index (χ2v) is 5.29. The maximum absolute atomic E-state index is 12.2. The quantitative estimate of drug-likeness (QED) is 0.793. The van der Waals surface area contributed by atoms with Gasteiger partial charge in [-0.2, -0.15) is 0 Å². The Morgan fingerprint density at radius 3 is 2.14 bits per heavy atom. The van der Waals surface area contributed by atoms with Gasteiger partial charge in [-0.05, 0) is 48.9 Å². The van der Waals surface area contributed by atoms with E-state index in [1.807, 2.05) is 19.1 Å². The van der Waals surface area contributed by atoms with Crippen LogP contribution >= 0.6 is 15.9 Å². The van der Waals surface area contributed by atoms with E-state index < -0.39 is 6.03 Å². The predicted octanol–water partition coefficient (Wildman–Crippen LogP) is 3.50. The third-order valence-corrected chi connectivity index (χ3v) is 3.78. The molecule has 3 amide bonds. The van der Waals surface area contributed by atoms with E-state index in [-0.39, 0.29) is 5.91 Å². The van der Waals surface area contributed by atoms with Crippen molar-refractivity contribution in [2.75, 3.05) is 10.6 Å². The first-order chi connectivity index (χ1) is 9.97. The molecule has 0 aromatic heterocycles. The smallest absolute Gasteiger partial charge is 0.316 e. The van der Waals surface area contributed by atoms with E-state index in [9.17, 15) is 9.59 Å². The van der Waals surface area contributed by atoms with E-state index in [1.165, 1.54) is 0 Å². The summed E-state index contributed by atoms with van der Waals surface area (Å²) in [6.45, 7) is 1.87. The van der Waals surface area contributed by atoms with Crippen LogP contribution in [0.3, 0.4) is 0 Å². The summed E-state index contributed by atoms with van der Waals surface area (Å²) in [5, 5.41) is 5.26. The van der Waals surface area contributed by atoms with Crippen molar-refractivity contribution in [2.45, 2.75) is 6.92 Å². The Balaban J connectivity index is 2.12. The molecular formula is C15H14BrN3O2. The summed E-state index contributed by atoms with van der Waals surface area (Å²) in [5.74, 6) is -0.190. The maximum atomic E-state index is 12.2. The second-order valence-electron chi connectivity index (χ2n) is 4.43. The number of carbonyl (C=O) groups is 2. The van der Waals surface area contributed by atoms with Crippen LogP contribution in [0, 0.1) is 6.92 Å². The first-order valence-corrected chi connectivity index (χ1v) is 6.99. The number of nitrogens with two attached hydrogens (primary N) is 1.